The molecule has 0 saturated heterocycles. The van der Waals surface area contributed by atoms with Crippen LogP contribution in [0.1, 0.15) is 32.8 Å². The summed E-state index contributed by atoms with van der Waals surface area (Å²) in [6, 6.07) is 4.68. The molecule has 1 aromatic heterocycles. The van der Waals surface area contributed by atoms with Crippen molar-refractivity contribution in [3.63, 3.8) is 0 Å². The Bertz CT molecular complexity index is 287. The summed E-state index contributed by atoms with van der Waals surface area (Å²) < 4.78 is 0. The monoisotopic (exact) mass is 224 g/mol. The first-order valence-electron chi connectivity index (χ1n) is 5.54. The number of pyridine rings is 1. The van der Waals surface area contributed by atoms with Crippen LogP contribution in [0.4, 0.5) is 0 Å². The van der Waals surface area contributed by atoms with Gasteiger partial charge in [0.15, 0.2) is 0 Å². The Kier molecular flexibility index (Phi) is 5.73. The third kappa shape index (κ3) is 4.67. The van der Waals surface area contributed by atoms with Crippen molar-refractivity contribution in [1.29, 1.82) is 0 Å². The normalized spacial score (nSPS) is 10.9. The first kappa shape index (κ1) is 12.5. The van der Waals surface area contributed by atoms with Crippen LogP contribution in [0.5, 0.6) is 0 Å². The summed E-state index contributed by atoms with van der Waals surface area (Å²) in [5.41, 5.74) is 1.31. The minimum Gasteiger partial charge on any atom is -0.310 e. The number of hydrogen-bond acceptors (Lipinski definition) is 3. The molecule has 0 amide bonds. The first-order valence-corrected chi connectivity index (χ1v) is 6.52. The molecule has 0 bridgehead atoms. The highest BCUT2D eigenvalue weighted by molar-refractivity contribution is 7.99. The summed E-state index contributed by atoms with van der Waals surface area (Å²) in [4.78, 5) is 4.42. The van der Waals surface area contributed by atoms with E-state index in [1.165, 1.54) is 17.0 Å². The predicted octanol–water partition coefficient (Wildman–Crippen LogP) is 3.08. The zero-order valence-corrected chi connectivity index (χ0v) is 10.6. The smallest absolute Gasteiger partial charge is 0.100 e. The highest BCUT2D eigenvalue weighted by Gasteiger charge is 2.03. The molecule has 1 rings (SSSR count). The first-order chi connectivity index (χ1) is 7.24. The van der Waals surface area contributed by atoms with Crippen molar-refractivity contribution >= 4 is 11.8 Å². The second-order valence-corrected chi connectivity index (χ2v) is 4.94. The third-order valence-corrected chi connectivity index (χ3v) is 3.25. The summed E-state index contributed by atoms with van der Waals surface area (Å²) >= 11 is 1.85. The predicted molar refractivity (Wildman–Crippen MR) is 67.2 cm³/mol. The van der Waals surface area contributed by atoms with Gasteiger partial charge in [-0.1, -0.05) is 26.8 Å². The van der Waals surface area contributed by atoms with Gasteiger partial charge in [0.25, 0.3) is 0 Å². The molecule has 0 spiro atoms. The Balaban J connectivity index is 2.59. The van der Waals surface area contributed by atoms with E-state index < -0.39 is 0 Å². The number of thioether (sulfide) groups is 1. The van der Waals surface area contributed by atoms with E-state index >= 15 is 0 Å². The van der Waals surface area contributed by atoms with Crippen LogP contribution in [0.2, 0.25) is 0 Å². The Morgan fingerprint density at radius 3 is 2.93 bits per heavy atom. The number of hydrogen-bond donors (Lipinski definition) is 1. The van der Waals surface area contributed by atoms with Gasteiger partial charge in [0, 0.05) is 18.8 Å². The fraction of sp³-hybridized carbons (Fsp3) is 0.583. The molecule has 0 aromatic carbocycles. The average molecular weight is 224 g/mol. The molecular formula is C12H20N2S. The van der Waals surface area contributed by atoms with Gasteiger partial charge < -0.3 is 5.32 Å². The van der Waals surface area contributed by atoms with Gasteiger partial charge in [-0.3, -0.25) is 0 Å². The lowest BCUT2D eigenvalue weighted by atomic mass is 10.2. The summed E-state index contributed by atoms with van der Waals surface area (Å²) in [5.74, 6) is 1.14. The van der Waals surface area contributed by atoms with E-state index in [0.29, 0.717) is 6.04 Å². The summed E-state index contributed by atoms with van der Waals surface area (Å²) in [5, 5.41) is 4.60. The lowest BCUT2D eigenvalue weighted by molar-refractivity contribution is 0.582. The van der Waals surface area contributed by atoms with E-state index in [-0.39, 0.29) is 0 Å². The fourth-order valence-corrected chi connectivity index (χ4v) is 2.06. The van der Waals surface area contributed by atoms with E-state index in [1.807, 2.05) is 24.0 Å². The van der Waals surface area contributed by atoms with Crippen LogP contribution in [0.15, 0.2) is 23.4 Å². The van der Waals surface area contributed by atoms with Crippen LogP contribution < -0.4 is 5.32 Å². The Hall–Kier alpha value is -0.540. The van der Waals surface area contributed by atoms with Gasteiger partial charge >= 0.3 is 0 Å². The van der Waals surface area contributed by atoms with Crippen molar-refractivity contribution in [3.05, 3.63) is 23.9 Å². The molecule has 0 aliphatic heterocycles. The quantitative estimate of drug-likeness (QED) is 0.752. The molecule has 1 heterocycles. The third-order valence-electron chi connectivity index (χ3n) is 1.99. The number of nitrogens with one attached hydrogen (secondary N) is 1. The molecule has 0 aliphatic rings. The van der Waals surface area contributed by atoms with E-state index in [0.717, 1.165) is 12.3 Å². The Morgan fingerprint density at radius 2 is 2.27 bits per heavy atom. The Morgan fingerprint density at radius 1 is 1.47 bits per heavy atom. The molecular weight excluding hydrogens is 204 g/mol. The molecule has 0 radical (unpaired) electrons. The van der Waals surface area contributed by atoms with Gasteiger partial charge in [0.05, 0.1) is 0 Å². The van der Waals surface area contributed by atoms with Crippen molar-refractivity contribution in [1.82, 2.24) is 10.3 Å². The minimum absolute atomic E-state index is 0.522. The molecule has 2 nitrogen and oxygen atoms in total. The van der Waals surface area contributed by atoms with E-state index in [2.05, 4.69) is 37.1 Å². The second-order valence-electron chi connectivity index (χ2n) is 3.85. The van der Waals surface area contributed by atoms with Gasteiger partial charge in [-0.15, -0.1) is 11.8 Å². The lowest BCUT2D eigenvalue weighted by Gasteiger charge is -2.10. The van der Waals surface area contributed by atoms with Crippen LogP contribution >= 0.6 is 11.8 Å². The molecule has 0 unspecified atom stereocenters. The zero-order valence-electron chi connectivity index (χ0n) is 9.79. The van der Waals surface area contributed by atoms with Crippen molar-refractivity contribution in [2.24, 2.45) is 0 Å². The highest BCUT2D eigenvalue weighted by atomic mass is 32.2. The van der Waals surface area contributed by atoms with E-state index in [1.54, 1.807) is 0 Å². The average Bonchev–Trinajstić information content (AvgIpc) is 2.24. The van der Waals surface area contributed by atoms with Crippen molar-refractivity contribution in [2.75, 3.05) is 5.75 Å². The van der Waals surface area contributed by atoms with Gasteiger partial charge in [0.1, 0.15) is 5.03 Å². The molecule has 1 N–H and O–H groups in total. The molecule has 15 heavy (non-hydrogen) atoms. The summed E-state index contributed by atoms with van der Waals surface area (Å²) in [7, 11) is 0. The molecule has 0 atom stereocenters. The lowest BCUT2D eigenvalue weighted by Crippen LogP contribution is -2.22. The topological polar surface area (TPSA) is 24.9 Å². The van der Waals surface area contributed by atoms with Crippen LogP contribution in [-0.2, 0) is 6.54 Å². The second kappa shape index (κ2) is 6.85. The fourth-order valence-electron chi connectivity index (χ4n) is 1.20. The maximum Gasteiger partial charge on any atom is 0.100 e. The van der Waals surface area contributed by atoms with E-state index in [9.17, 15) is 0 Å². The van der Waals surface area contributed by atoms with Gasteiger partial charge in [-0.05, 0) is 23.8 Å². The highest BCUT2D eigenvalue weighted by Crippen LogP contribution is 2.20. The van der Waals surface area contributed by atoms with Crippen molar-refractivity contribution in [2.45, 2.75) is 44.8 Å². The van der Waals surface area contributed by atoms with Crippen LogP contribution in [0.25, 0.3) is 0 Å². The summed E-state index contributed by atoms with van der Waals surface area (Å²) in [6.07, 6.45) is 3.06. The minimum atomic E-state index is 0.522. The number of aromatic nitrogens is 1. The van der Waals surface area contributed by atoms with Gasteiger partial charge in [-0.2, -0.15) is 0 Å². The van der Waals surface area contributed by atoms with Crippen molar-refractivity contribution in [3.8, 4) is 0 Å². The van der Waals surface area contributed by atoms with Crippen molar-refractivity contribution < 1.29 is 0 Å². The van der Waals surface area contributed by atoms with Gasteiger partial charge in [0.2, 0.25) is 0 Å². The maximum absolute atomic E-state index is 4.42. The number of rotatable bonds is 6. The largest absolute Gasteiger partial charge is 0.310 e. The van der Waals surface area contributed by atoms with Crippen LogP contribution in [0, 0.1) is 0 Å². The molecule has 84 valence electrons. The maximum atomic E-state index is 4.42. The zero-order chi connectivity index (χ0) is 11.1. The summed E-state index contributed by atoms with van der Waals surface area (Å²) in [6.45, 7) is 7.43. The molecule has 3 heteroatoms. The molecule has 0 saturated carbocycles. The van der Waals surface area contributed by atoms with Gasteiger partial charge in [-0.25, -0.2) is 4.98 Å². The SMILES string of the molecule is CCCSc1ncccc1CNC(C)C. The van der Waals surface area contributed by atoms with E-state index in [4.69, 9.17) is 0 Å². The van der Waals surface area contributed by atoms with Crippen LogP contribution in [-0.4, -0.2) is 16.8 Å². The molecule has 0 aliphatic carbocycles. The number of nitrogens with zero attached hydrogens (tertiary/aromatic N) is 1. The molecule has 1 aromatic rings. The standard InChI is InChI=1S/C12H20N2S/c1-4-8-15-12-11(6-5-7-13-12)9-14-10(2)3/h5-7,10,14H,4,8-9H2,1-3H3. The van der Waals surface area contributed by atoms with Crippen LogP contribution in [0.3, 0.4) is 0 Å². The molecule has 0 fully saturated rings. The Labute approximate surface area is 96.9 Å².